The number of hydrogen-bond donors (Lipinski definition) is 1. The third-order valence-corrected chi connectivity index (χ3v) is 3.61. The number of rotatable bonds is 9. The lowest BCUT2D eigenvalue weighted by Crippen LogP contribution is -2.28. The number of unbranched alkanes of at least 4 members (excludes halogenated alkanes) is 1. The third kappa shape index (κ3) is 4.49. The zero-order valence-corrected chi connectivity index (χ0v) is 12.5. The maximum Gasteiger partial charge on any atom is 0.121 e. The first-order valence-electron chi connectivity index (χ1n) is 7.52. The quantitative estimate of drug-likeness (QED) is 0.679. The fourth-order valence-electron chi connectivity index (χ4n) is 2.49. The van der Waals surface area contributed by atoms with Crippen LogP contribution in [0.2, 0.25) is 0 Å². The Hall–Kier alpha value is -0.760. The van der Waals surface area contributed by atoms with Gasteiger partial charge in [-0.25, -0.2) is 0 Å². The Morgan fingerprint density at radius 3 is 2.44 bits per heavy atom. The zero-order chi connectivity index (χ0) is 13.4. The molecule has 0 amide bonds. The summed E-state index contributed by atoms with van der Waals surface area (Å²) in [5, 5.41) is 3.67. The van der Waals surface area contributed by atoms with Gasteiger partial charge in [-0.3, -0.25) is 0 Å². The summed E-state index contributed by atoms with van der Waals surface area (Å²) in [6, 6.07) is 4.59. The van der Waals surface area contributed by atoms with Crippen LogP contribution in [0.4, 0.5) is 0 Å². The second-order valence-corrected chi connectivity index (χ2v) is 5.19. The maximum atomic E-state index is 5.84. The van der Waals surface area contributed by atoms with Crippen LogP contribution in [0.15, 0.2) is 16.5 Å². The molecular weight excluding hydrogens is 222 g/mol. The Bertz CT molecular complexity index is 319. The summed E-state index contributed by atoms with van der Waals surface area (Å²) in [5.74, 6) is 2.81. The van der Waals surface area contributed by atoms with Crippen molar-refractivity contribution in [3.05, 3.63) is 23.7 Å². The second-order valence-electron chi connectivity index (χ2n) is 5.19. The molecule has 104 valence electrons. The first kappa shape index (κ1) is 15.3. The fourth-order valence-corrected chi connectivity index (χ4v) is 2.49. The molecule has 0 radical (unpaired) electrons. The van der Waals surface area contributed by atoms with Crippen molar-refractivity contribution in [2.45, 2.75) is 65.8 Å². The van der Waals surface area contributed by atoms with Crippen molar-refractivity contribution in [2.75, 3.05) is 6.54 Å². The van der Waals surface area contributed by atoms with Crippen LogP contribution >= 0.6 is 0 Å². The van der Waals surface area contributed by atoms with Crippen molar-refractivity contribution in [2.24, 2.45) is 5.92 Å². The Balaban J connectivity index is 2.74. The first-order chi connectivity index (χ1) is 8.72. The molecule has 0 saturated carbocycles. The molecule has 0 aliphatic carbocycles. The zero-order valence-electron chi connectivity index (χ0n) is 12.5. The van der Waals surface area contributed by atoms with Gasteiger partial charge in [-0.05, 0) is 44.4 Å². The Kier molecular flexibility index (Phi) is 7.11. The van der Waals surface area contributed by atoms with Crippen LogP contribution in [0.25, 0.3) is 0 Å². The van der Waals surface area contributed by atoms with Crippen LogP contribution in [0.1, 0.15) is 70.4 Å². The molecule has 2 unspecified atom stereocenters. The number of hydrogen-bond acceptors (Lipinski definition) is 2. The first-order valence-corrected chi connectivity index (χ1v) is 7.52. The molecule has 1 N–H and O–H groups in total. The highest BCUT2D eigenvalue weighted by molar-refractivity contribution is 5.10. The minimum absolute atomic E-state index is 0.384. The Morgan fingerprint density at radius 1 is 1.17 bits per heavy atom. The molecule has 1 heterocycles. The van der Waals surface area contributed by atoms with E-state index in [9.17, 15) is 0 Å². The van der Waals surface area contributed by atoms with E-state index in [4.69, 9.17) is 4.42 Å². The summed E-state index contributed by atoms with van der Waals surface area (Å²) in [6.07, 6.45) is 6.24. The van der Waals surface area contributed by atoms with E-state index < -0.39 is 0 Å². The van der Waals surface area contributed by atoms with Gasteiger partial charge in [-0.1, -0.05) is 40.0 Å². The second kappa shape index (κ2) is 8.36. The monoisotopic (exact) mass is 251 g/mol. The summed E-state index contributed by atoms with van der Waals surface area (Å²) in [5.41, 5.74) is 0. The summed E-state index contributed by atoms with van der Waals surface area (Å²) in [6.45, 7) is 9.85. The normalized spacial score (nSPS) is 14.7. The van der Waals surface area contributed by atoms with Crippen molar-refractivity contribution < 1.29 is 4.42 Å². The molecule has 1 aromatic heterocycles. The van der Waals surface area contributed by atoms with E-state index in [1.807, 2.05) is 6.92 Å². The van der Waals surface area contributed by atoms with Crippen LogP contribution in [-0.2, 0) is 0 Å². The Labute approximate surface area is 112 Å². The van der Waals surface area contributed by atoms with E-state index in [1.165, 1.54) is 32.1 Å². The van der Waals surface area contributed by atoms with E-state index in [0.717, 1.165) is 18.1 Å². The predicted octanol–water partition coefficient (Wildman–Crippen LogP) is 4.85. The molecule has 1 aromatic rings. The van der Waals surface area contributed by atoms with Gasteiger partial charge < -0.3 is 9.73 Å². The lowest BCUT2D eigenvalue weighted by Gasteiger charge is -2.25. The molecule has 2 atom stereocenters. The highest BCUT2D eigenvalue weighted by Gasteiger charge is 2.23. The van der Waals surface area contributed by atoms with Gasteiger partial charge in [-0.15, -0.1) is 0 Å². The van der Waals surface area contributed by atoms with E-state index in [2.05, 4.69) is 38.2 Å². The highest BCUT2D eigenvalue weighted by atomic mass is 16.3. The smallest absolute Gasteiger partial charge is 0.121 e. The van der Waals surface area contributed by atoms with E-state index in [1.54, 1.807) is 0 Å². The molecule has 1 rings (SSSR count). The van der Waals surface area contributed by atoms with E-state index >= 15 is 0 Å². The minimum Gasteiger partial charge on any atom is -0.465 e. The summed E-state index contributed by atoms with van der Waals surface area (Å²) < 4.78 is 5.84. The highest BCUT2D eigenvalue weighted by Crippen LogP contribution is 2.30. The average molecular weight is 251 g/mol. The van der Waals surface area contributed by atoms with Gasteiger partial charge >= 0.3 is 0 Å². The number of furan rings is 1. The van der Waals surface area contributed by atoms with Gasteiger partial charge in [-0.2, -0.15) is 0 Å². The van der Waals surface area contributed by atoms with Gasteiger partial charge in [0.05, 0.1) is 6.04 Å². The van der Waals surface area contributed by atoms with E-state index in [0.29, 0.717) is 12.0 Å². The molecule has 0 aliphatic heterocycles. The minimum atomic E-state index is 0.384. The summed E-state index contributed by atoms with van der Waals surface area (Å²) in [7, 11) is 0. The summed E-state index contributed by atoms with van der Waals surface area (Å²) in [4.78, 5) is 0. The SMILES string of the molecule is CCCCC(CC)C(NCCC)c1ccc(C)o1. The third-order valence-electron chi connectivity index (χ3n) is 3.61. The number of aryl methyl sites for hydroxylation is 1. The van der Waals surface area contributed by atoms with Crippen LogP contribution in [0.3, 0.4) is 0 Å². The molecule has 2 heteroatoms. The van der Waals surface area contributed by atoms with Crippen molar-refractivity contribution in [1.29, 1.82) is 0 Å². The van der Waals surface area contributed by atoms with Gasteiger partial charge in [0.2, 0.25) is 0 Å². The largest absolute Gasteiger partial charge is 0.465 e. The Morgan fingerprint density at radius 2 is 1.94 bits per heavy atom. The van der Waals surface area contributed by atoms with Crippen molar-refractivity contribution in [3.8, 4) is 0 Å². The molecule has 0 fully saturated rings. The van der Waals surface area contributed by atoms with Crippen molar-refractivity contribution >= 4 is 0 Å². The molecular formula is C16H29NO. The molecule has 0 bridgehead atoms. The topological polar surface area (TPSA) is 25.2 Å². The molecule has 0 saturated heterocycles. The van der Waals surface area contributed by atoms with Crippen LogP contribution in [0.5, 0.6) is 0 Å². The molecule has 0 spiro atoms. The maximum absolute atomic E-state index is 5.84. The number of nitrogens with one attached hydrogen (secondary N) is 1. The molecule has 2 nitrogen and oxygen atoms in total. The lowest BCUT2D eigenvalue weighted by molar-refractivity contribution is 0.279. The average Bonchev–Trinajstić information content (AvgIpc) is 2.80. The predicted molar refractivity (Wildman–Crippen MR) is 77.8 cm³/mol. The van der Waals surface area contributed by atoms with Crippen LogP contribution in [-0.4, -0.2) is 6.54 Å². The lowest BCUT2D eigenvalue weighted by atomic mass is 9.89. The summed E-state index contributed by atoms with van der Waals surface area (Å²) >= 11 is 0. The van der Waals surface area contributed by atoms with E-state index in [-0.39, 0.29) is 0 Å². The standard InChI is InChI=1S/C16H29NO/c1-5-8-9-14(7-3)16(17-12-6-2)15-11-10-13(4)18-15/h10-11,14,16-17H,5-9,12H2,1-4H3. The molecule has 18 heavy (non-hydrogen) atoms. The van der Waals surface area contributed by atoms with Crippen LogP contribution < -0.4 is 5.32 Å². The molecule has 0 aromatic carbocycles. The van der Waals surface area contributed by atoms with Gasteiger partial charge in [0, 0.05) is 0 Å². The molecule has 0 aliphatic rings. The van der Waals surface area contributed by atoms with Gasteiger partial charge in [0.1, 0.15) is 11.5 Å². The van der Waals surface area contributed by atoms with Gasteiger partial charge in [0.15, 0.2) is 0 Å². The van der Waals surface area contributed by atoms with Gasteiger partial charge in [0.25, 0.3) is 0 Å². The van der Waals surface area contributed by atoms with Crippen molar-refractivity contribution in [1.82, 2.24) is 5.32 Å². The van der Waals surface area contributed by atoms with Crippen LogP contribution in [0, 0.1) is 12.8 Å². The van der Waals surface area contributed by atoms with Crippen molar-refractivity contribution in [3.63, 3.8) is 0 Å². The fraction of sp³-hybridized carbons (Fsp3) is 0.750.